The van der Waals surface area contributed by atoms with E-state index in [1.807, 2.05) is 0 Å². The van der Waals surface area contributed by atoms with Crippen LogP contribution in [-0.2, 0) is 0 Å². The van der Waals surface area contributed by atoms with Crippen molar-refractivity contribution in [2.24, 2.45) is 5.92 Å². The molecule has 1 saturated carbocycles. The molecule has 0 aliphatic heterocycles. The topological polar surface area (TPSA) is 47.3 Å². The average Bonchev–Trinajstić information content (AvgIpc) is 2.18. The normalized spacial score (nSPS) is 15.6. The molecule has 0 heterocycles. The molecule has 0 bridgehead atoms. The number of hydrogen-bond donors (Lipinski definition) is 2. The van der Waals surface area contributed by atoms with Crippen molar-refractivity contribution in [3.05, 3.63) is 17.9 Å². The van der Waals surface area contributed by atoms with E-state index in [-0.39, 0.29) is 5.82 Å². The van der Waals surface area contributed by atoms with E-state index < -0.39 is 0 Å². The number of benzene rings is 1. The summed E-state index contributed by atoms with van der Waals surface area (Å²) in [5.41, 5.74) is 6.40. The Balaban J connectivity index is 2.06. The third-order valence-corrected chi connectivity index (χ3v) is 3.13. The standard InChI is InChI=1S/C12H17FN2O/c1-16-12-6-11(9(13)5-10(12)14)15-7-8-3-2-4-8/h5-6,8,15H,2-4,7,14H2,1H3. The van der Waals surface area contributed by atoms with Crippen LogP contribution in [0.5, 0.6) is 5.75 Å². The molecule has 1 aromatic carbocycles. The monoisotopic (exact) mass is 224 g/mol. The minimum Gasteiger partial charge on any atom is -0.495 e. The highest BCUT2D eigenvalue weighted by Gasteiger charge is 2.17. The van der Waals surface area contributed by atoms with Crippen molar-refractivity contribution in [3.63, 3.8) is 0 Å². The summed E-state index contributed by atoms with van der Waals surface area (Å²) in [6.45, 7) is 0.823. The molecule has 4 heteroatoms. The first-order valence-electron chi connectivity index (χ1n) is 5.57. The number of rotatable bonds is 4. The van der Waals surface area contributed by atoms with Gasteiger partial charge < -0.3 is 15.8 Å². The molecule has 1 aliphatic rings. The highest BCUT2D eigenvalue weighted by Crippen LogP contribution is 2.30. The van der Waals surface area contributed by atoms with E-state index in [9.17, 15) is 4.39 Å². The summed E-state index contributed by atoms with van der Waals surface area (Å²) in [5, 5.41) is 3.11. The van der Waals surface area contributed by atoms with Gasteiger partial charge in [-0.1, -0.05) is 6.42 Å². The fourth-order valence-corrected chi connectivity index (χ4v) is 1.83. The highest BCUT2D eigenvalue weighted by molar-refractivity contribution is 5.62. The van der Waals surface area contributed by atoms with Crippen molar-refractivity contribution in [2.75, 3.05) is 24.7 Å². The van der Waals surface area contributed by atoms with Crippen molar-refractivity contribution in [2.45, 2.75) is 19.3 Å². The van der Waals surface area contributed by atoms with E-state index in [4.69, 9.17) is 10.5 Å². The number of halogens is 1. The fourth-order valence-electron chi connectivity index (χ4n) is 1.83. The first-order valence-corrected chi connectivity index (χ1v) is 5.57. The summed E-state index contributed by atoms with van der Waals surface area (Å²) in [6, 6.07) is 2.91. The number of nitrogens with one attached hydrogen (secondary N) is 1. The number of ether oxygens (including phenoxy) is 1. The summed E-state index contributed by atoms with van der Waals surface area (Å²) >= 11 is 0. The van der Waals surface area contributed by atoms with E-state index in [1.54, 1.807) is 6.07 Å². The Morgan fingerprint density at radius 3 is 2.81 bits per heavy atom. The molecule has 3 nitrogen and oxygen atoms in total. The summed E-state index contributed by atoms with van der Waals surface area (Å²) < 4.78 is 18.6. The van der Waals surface area contributed by atoms with Gasteiger partial charge in [0.05, 0.1) is 18.5 Å². The van der Waals surface area contributed by atoms with Gasteiger partial charge in [-0.25, -0.2) is 4.39 Å². The van der Waals surface area contributed by atoms with Crippen LogP contribution in [0.4, 0.5) is 15.8 Å². The van der Waals surface area contributed by atoms with E-state index in [0.29, 0.717) is 23.0 Å². The Morgan fingerprint density at radius 1 is 1.50 bits per heavy atom. The van der Waals surface area contributed by atoms with Crippen LogP contribution in [0.15, 0.2) is 12.1 Å². The maximum atomic E-state index is 13.5. The number of anilines is 2. The van der Waals surface area contributed by atoms with Crippen LogP contribution in [0.2, 0.25) is 0 Å². The van der Waals surface area contributed by atoms with Gasteiger partial charge in [0.1, 0.15) is 11.6 Å². The maximum Gasteiger partial charge on any atom is 0.148 e. The lowest BCUT2D eigenvalue weighted by atomic mass is 9.85. The zero-order valence-electron chi connectivity index (χ0n) is 9.42. The molecule has 0 amide bonds. The van der Waals surface area contributed by atoms with Gasteiger partial charge in [0, 0.05) is 18.7 Å². The predicted molar refractivity (Wildman–Crippen MR) is 63.2 cm³/mol. The van der Waals surface area contributed by atoms with Crippen molar-refractivity contribution >= 4 is 11.4 Å². The predicted octanol–water partition coefficient (Wildman–Crippen LogP) is 2.63. The molecular formula is C12H17FN2O. The van der Waals surface area contributed by atoms with Gasteiger partial charge in [-0.2, -0.15) is 0 Å². The molecule has 0 aromatic heterocycles. The molecule has 1 aromatic rings. The number of hydrogen-bond acceptors (Lipinski definition) is 3. The lowest BCUT2D eigenvalue weighted by molar-refractivity contribution is 0.333. The Hall–Kier alpha value is -1.45. The van der Waals surface area contributed by atoms with Gasteiger partial charge in [-0.3, -0.25) is 0 Å². The molecular weight excluding hydrogens is 207 g/mol. The molecule has 1 aliphatic carbocycles. The van der Waals surface area contributed by atoms with Crippen molar-refractivity contribution < 1.29 is 9.13 Å². The molecule has 0 spiro atoms. The zero-order chi connectivity index (χ0) is 11.5. The van der Waals surface area contributed by atoms with Crippen molar-refractivity contribution in [3.8, 4) is 5.75 Å². The van der Waals surface area contributed by atoms with Crippen LogP contribution in [0.25, 0.3) is 0 Å². The molecule has 0 radical (unpaired) electrons. The molecule has 0 saturated heterocycles. The van der Waals surface area contributed by atoms with Gasteiger partial charge >= 0.3 is 0 Å². The van der Waals surface area contributed by atoms with E-state index >= 15 is 0 Å². The third-order valence-electron chi connectivity index (χ3n) is 3.13. The number of methoxy groups -OCH3 is 1. The first kappa shape index (κ1) is 11.0. The minimum atomic E-state index is -0.322. The summed E-state index contributed by atoms with van der Waals surface area (Å²) in [5.74, 6) is 0.873. The largest absolute Gasteiger partial charge is 0.495 e. The molecule has 1 fully saturated rings. The van der Waals surface area contributed by atoms with Gasteiger partial charge in [0.25, 0.3) is 0 Å². The third kappa shape index (κ3) is 2.21. The molecule has 0 unspecified atom stereocenters. The van der Waals surface area contributed by atoms with Gasteiger partial charge in [-0.05, 0) is 18.8 Å². The van der Waals surface area contributed by atoms with Gasteiger partial charge in [-0.15, -0.1) is 0 Å². The number of nitrogens with two attached hydrogens (primary N) is 1. The van der Waals surface area contributed by atoms with Crippen LogP contribution < -0.4 is 15.8 Å². The molecule has 88 valence electrons. The SMILES string of the molecule is COc1cc(NCC2CCC2)c(F)cc1N. The Bertz CT molecular complexity index is 378. The fraction of sp³-hybridized carbons (Fsp3) is 0.500. The van der Waals surface area contributed by atoms with Crippen LogP contribution >= 0.6 is 0 Å². The summed E-state index contributed by atoms with van der Waals surface area (Å²) in [4.78, 5) is 0. The smallest absolute Gasteiger partial charge is 0.148 e. The molecule has 16 heavy (non-hydrogen) atoms. The van der Waals surface area contributed by atoms with E-state index in [2.05, 4.69) is 5.32 Å². The Labute approximate surface area is 94.8 Å². The van der Waals surface area contributed by atoms with Crippen molar-refractivity contribution in [1.82, 2.24) is 0 Å². The summed E-state index contributed by atoms with van der Waals surface area (Å²) in [6.07, 6.45) is 3.77. The highest BCUT2D eigenvalue weighted by atomic mass is 19.1. The maximum absolute atomic E-state index is 13.5. The van der Waals surface area contributed by atoms with E-state index in [1.165, 1.54) is 32.4 Å². The molecule has 3 N–H and O–H groups in total. The first-order chi connectivity index (χ1) is 7.70. The lowest BCUT2D eigenvalue weighted by Gasteiger charge is -2.26. The lowest BCUT2D eigenvalue weighted by Crippen LogP contribution is -2.21. The molecule has 2 rings (SSSR count). The average molecular weight is 224 g/mol. The van der Waals surface area contributed by atoms with Gasteiger partial charge in [0.15, 0.2) is 0 Å². The molecule has 0 atom stereocenters. The zero-order valence-corrected chi connectivity index (χ0v) is 9.42. The second-order valence-corrected chi connectivity index (χ2v) is 4.25. The van der Waals surface area contributed by atoms with Gasteiger partial charge in [0.2, 0.25) is 0 Å². The van der Waals surface area contributed by atoms with E-state index in [0.717, 1.165) is 6.54 Å². The summed E-state index contributed by atoms with van der Waals surface area (Å²) in [7, 11) is 1.53. The van der Waals surface area contributed by atoms with Crippen LogP contribution in [-0.4, -0.2) is 13.7 Å². The van der Waals surface area contributed by atoms with Crippen LogP contribution in [0.3, 0.4) is 0 Å². The van der Waals surface area contributed by atoms with Crippen molar-refractivity contribution in [1.29, 1.82) is 0 Å². The minimum absolute atomic E-state index is 0.322. The van der Waals surface area contributed by atoms with Crippen LogP contribution in [0.1, 0.15) is 19.3 Å². The number of nitrogen functional groups attached to an aromatic ring is 1. The van der Waals surface area contributed by atoms with Crippen LogP contribution in [0, 0.1) is 11.7 Å². The quantitative estimate of drug-likeness (QED) is 0.773. The Morgan fingerprint density at radius 2 is 2.25 bits per heavy atom. The second kappa shape index (κ2) is 4.60. The Kier molecular flexibility index (Phi) is 3.17. The second-order valence-electron chi connectivity index (χ2n) is 4.25.